The molecule has 118 valence electrons. The summed E-state index contributed by atoms with van der Waals surface area (Å²) < 4.78 is 51.4. The second-order valence-electron chi connectivity index (χ2n) is 5.07. The molecule has 2 rings (SSSR count). The average molecular weight is 372 g/mol. The van der Waals surface area contributed by atoms with Crippen molar-refractivity contribution in [3.8, 4) is 0 Å². The van der Waals surface area contributed by atoms with Gasteiger partial charge in [0.15, 0.2) is 0 Å². The minimum Gasteiger partial charge on any atom is -0.373 e. The van der Waals surface area contributed by atoms with E-state index in [1.165, 1.54) is 10.9 Å². The summed E-state index contributed by atoms with van der Waals surface area (Å²) in [5, 5.41) is 6.02. The predicted octanol–water partition coefficient (Wildman–Crippen LogP) is 3.12. The van der Waals surface area contributed by atoms with E-state index in [1.807, 2.05) is 0 Å². The summed E-state index contributed by atoms with van der Waals surface area (Å²) in [4.78, 5) is 12.1. The molecule has 1 aromatic heterocycles. The minimum absolute atomic E-state index is 0.169. The Morgan fingerprint density at radius 1 is 1.48 bits per heavy atom. The molecule has 1 heterocycles. The van der Waals surface area contributed by atoms with Crippen molar-refractivity contribution in [2.45, 2.75) is 38.2 Å². The van der Waals surface area contributed by atoms with Crippen molar-refractivity contribution in [2.24, 2.45) is 5.92 Å². The van der Waals surface area contributed by atoms with Gasteiger partial charge in [-0.1, -0.05) is 6.42 Å². The van der Waals surface area contributed by atoms with E-state index in [0.717, 1.165) is 19.3 Å². The maximum Gasteiger partial charge on any atom is 0.324 e. The lowest BCUT2D eigenvalue weighted by Crippen LogP contribution is -2.37. The normalized spacial score (nSPS) is 16.1. The largest absolute Gasteiger partial charge is 0.373 e. The van der Waals surface area contributed by atoms with Crippen LogP contribution in [0, 0.1) is 5.92 Å². The number of anilines is 1. The van der Waals surface area contributed by atoms with E-state index in [4.69, 9.17) is 0 Å². The number of nitrogens with zero attached hydrogens (tertiary/aromatic N) is 2. The molecular weight excluding hydrogens is 358 g/mol. The fourth-order valence-corrected chi connectivity index (χ4v) is 2.36. The molecule has 0 saturated heterocycles. The van der Waals surface area contributed by atoms with Gasteiger partial charge in [-0.3, -0.25) is 4.79 Å². The summed E-state index contributed by atoms with van der Waals surface area (Å²) in [6.07, 6.45) is 0.597. The van der Waals surface area contributed by atoms with Crippen LogP contribution in [0.1, 0.15) is 19.3 Å². The number of rotatable bonds is 6. The number of aromatic nitrogens is 2. The Hall–Kier alpha value is -1.12. The Morgan fingerprint density at radius 3 is 2.67 bits per heavy atom. The number of alkyl halides is 4. The lowest BCUT2D eigenvalue weighted by molar-refractivity contribution is -0.117. The molecule has 21 heavy (non-hydrogen) atoms. The molecule has 0 spiro atoms. The zero-order valence-electron chi connectivity index (χ0n) is 11.0. The van der Waals surface area contributed by atoms with Gasteiger partial charge in [-0.05, 0) is 34.7 Å². The number of hydrogen-bond donors (Lipinski definition) is 1. The second kappa shape index (κ2) is 6.33. The van der Waals surface area contributed by atoms with Gasteiger partial charge in [-0.15, -0.1) is 0 Å². The smallest absolute Gasteiger partial charge is 0.324 e. The van der Waals surface area contributed by atoms with Gasteiger partial charge < -0.3 is 5.32 Å². The molecule has 1 aliphatic carbocycles. The summed E-state index contributed by atoms with van der Waals surface area (Å²) in [5.74, 6) is -3.85. The Bertz CT molecular complexity index is 560. The molecule has 1 aromatic rings. The number of nitrogens with one attached hydrogen (secondary N) is 1. The monoisotopic (exact) mass is 371 g/mol. The van der Waals surface area contributed by atoms with Crippen LogP contribution in [0.25, 0.3) is 0 Å². The van der Waals surface area contributed by atoms with Gasteiger partial charge in [0.05, 0.1) is 17.2 Å². The van der Waals surface area contributed by atoms with E-state index in [-0.39, 0.29) is 10.2 Å². The highest BCUT2D eigenvalue weighted by Gasteiger charge is 2.40. The van der Waals surface area contributed by atoms with Crippen LogP contribution in [0.2, 0.25) is 0 Å². The first-order valence-corrected chi connectivity index (χ1v) is 7.26. The minimum atomic E-state index is -4.20. The molecule has 0 radical (unpaired) electrons. The van der Waals surface area contributed by atoms with Gasteiger partial charge in [0.1, 0.15) is 5.69 Å². The highest BCUT2D eigenvalue weighted by molar-refractivity contribution is 9.10. The maximum absolute atomic E-state index is 12.9. The van der Waals surface area contributed by atoms with Crippen molar-refractivity contribution in [2.75, 3.05) is 11.9 Å². The van der Waals surface area contributed by atoms with Crippen LogP contribution in [0.3, 0.4) is 0 Å². The van der Waals surface area contributed by atoms with E-state index >= 15 is 0 Å². The van der Waals surface area contributed by atoms with Crippen LogP contribution in [-0.4, -0.2) is 28.7 Å². The van der Waals surface area contributed by atoms with Gasteiger partial charge in [-0.2, -0.15) is 13.9 Å². The zero-order valence-corrected chi connectivity index (χ0v) is 12.5. The van der Waals surface area contributed by atoms with Crippen LogP contribution in [0.5, 0.6) is 0 Å². The SMILES string of the molecule is O=c1c(NCC(F)(F)C(F)F)c(Br)cnn1CC1CCC1. The van der Waals surface area contributed by atoms with Crippen molar-refractivity contribution in [3.05, 3.63) is 21.0 Å². The Labute approximate surface area is 126 Å². The molecule has 0 atom stereocenters. The molecule has 0 aliphatic heterocycles. The first-order chi connectivity index (χ1) is 9.81. The third-order valence-electron chi connectivity index (χ3n) is 3.47. The van der Waals surface area contributed by atoms with Gasteiger partial charge >= 0.3 is 12.3 Å². The fraction of sp³-hybridized carbons (Fsp3) is 0.667. The first kappa shape index (κ1) is 16.3. The van der Waals surface area contributed by atoms with E-state index in [2.05, 4.69) is 26.3 Å². The Kier molecular flexibility index (Phi) is 4.90. The molecule has 0 bridgehead atoms. The molecule has 9 heteroatoms. The quantitative estimate of drug-likeness (QED) is 0.781. The maximum atomic E-state index is 12.9. The number of hydrogen-bond acceptors (Lipinski definition) is 3. The third kappa shape index (κ3) is 3.75. The zero-order chi connectivity index (χ0) is 15.6. The van der Waals surface area contributed by atoms with Crippen molar-refractivity contribution < 1.29 is 17.6 Å². The fourth-order valence-electron chi connectivity index (χ4n) is 1.96. The van der Waals surface area contributed by atoms with Crippen LogP contribution < -0.4 is 10.9 Å². The topological polar surface area (TPSA) is 46.9 Å². The summed E-state index contributed by atoms with van der Waals surface area (Å²) in [6.45, 7) is -0.905. The van der Waals surface area contributed by atoms with Gasteiger partial charge in [0.25, 0.3) is 5.56 Å². The molecular formula is C12H14BrF4N3O. The van der Waals surface area contributed by atoms with Crippen LogP contribution in [0.15, 0.2) is 15.5 Å². The Morgan fingerprint density at radius 2 is 2.14 bits per heavy atom. The summed E-state index contributed by atoms with van der Waals surface area (Å²) in [5.41, 5.74) is -0.772. The molecule has 0 aromatic carbocycles. The van der Waals surface area contributed by atoms with Crippen molar-refractivity contribution in [1.29, 1.82) is 0 Å². The molecule has 0 amide bonds. The van der Waals surface area contributed by atoms with Crippen molar-refractivity contribution in [1.82, 2.24) is 9.78 Å². The average Bonchev–Trinajstić information content (AvgIpc) is 2.35. The molecule has 1 N–H and O–H groups in total. The van der Waals surface area contributed by atoms with Crippen LogP contribution in [-0.2, 0) is 6.54 Å². The van der Waals surface area contributed by atoms with E-state index in [0.29, 0.717) is 12.5 Å². The summed E-state index contributed by atoms with van der Waals surface area (Å²) in [7, 11) is 0. The highest BCUT2D eigenvalue weighted by Crippen LogP contribution is 2.28. The summed E-state index contributed by atoms with van der Waals surface area (Å²) in [6, 6.07) is 0. The van der Waals surface area contributed by atoms with E-state index < -0.39 is 24.5 Å². The number of halogens is 5. The van der Waals surface area contributed by atoms with Crippen molar-refractivity contribution >= 4 is 21.6 Å². The van der Waals surface area contributed by atoms with Gasteiger partial charge in [-0.25, -0.2) is 13.5 Å². The van der Waals surface area contributed by atoms with E-state index in [9.17, 15) is 22.4 Å². The Balaban J connectivity index is 2.14. The first-order valence-electron chi connectivity index (χ1n) is 6.46. The molecule has 1 saturated carbocycles. The molecule has 1 aliphatic rings. The van der Waals surface area contributed by atoms with Crippen LogP contribution in [0.4, 0.5) is 23.2 Å². The lowest BCUT2D eigenvalue weighted by atomic mass is 9.85. The molecule has 0 unspecified atom stereocenters. The second-order valence-corrected chi connectivity index (χ2v) is 5.92. The van der Waals surface area contributed by atoms with Crippen molar-refractivity contribution in [3.63, 3.8) is 0 Å². The molecule has 1 fully saturated rings. The van der Waals surface area contributed by atoms with Gasteiger partial charge in [0, 0.05) is 6.54 Å². The van der Waals surface area contributed by atoms with Gasteiger partial charge in [0.2, 0.25) is 0 Å². The predicted molar refractivity (Wildman–Crippen MR) is 73.0 cm³/mol. The van der Waals surface area contributed by atoms with Crippen LogP contribution >= 0.6 is 15.9 Å². The molecule has 4 nitrogen and oxygen atoms in total. The highest BCUT2D eigenvalue weighted by atomic mass is 79.9. The standard InChI is InChI=1S/C12H14BrF4N3O/c13-8-4-19-20(5-7-2-1-3-7)10(21)9(8)18-6-12(16,17)11(14)15/h4,7,11,18H,1-3,5-6H2. The summed E-state index contributed by atoms with van der Waals surface area (Å²) >= 11 is 3.01. The van der Waals surface area contributed by atoms with E-state index in [1.54, 1.807) is 0 Å². The lowest BCUT2D eigenvalue weighted by Gasteiger charge is -2.25. The third-order valence-corrected chi connectivity index (χ3v) is 4.07.